The third kappa shape index (κ3) is 5.02. The molecule has 9 nitrogen and oxygen atoms in total. The molecule has 34 heavy (non-hydrogen) atoms. The first-order valence-electron chi connectivity index (χ1n) is 10.6. The zero-order valence-corrected chi connectivity index (χ0v) is 19.8. The van der Waals surface area contributed by atoms with E-state index in [0.29, 0.717) is 36.4 Å². The number of aryl methyl sites for hydroxylation is 1. The summed E-state index contributed by atoms with van der Waals surface area (Å²) in [4.78, 5) is 36.8. The zero-order valence-electron chi connectivity index (χ0n) is 18.2. The van der Waals surface area contributed by atoms with Crippen molar-refractivity contribution in [1.82, 2.24) is 10.7 Å². The second-order valence-electron chi connectivity index (χ2n) is 7.72. The maximum atomic E-state index is 12.7. The van der Waals surface area contributed by atoms with Gasteiger partial charge in [0.15, 0.2) is 5.76 Å². The van der Waals surface area contributed by atoms with Gasteiger partial charge in [0, 0.05) is 40.6 Å². The molecule has 0 bridgehead atoms. The van der Waals surface area contributed by atoms with Gasteiger partial charge in [-0.05, 0) is 49.8 Å². The number of nitro benzene ring substituents is 1. The fraction of sp³-hybridized carbons (Fsp3) is 0.261. The van der Waals surface area contributed by atoms with Gasteiger partial charge in [0.05, 0.1) is 10.6 Å². The summed E-state index contributed by atoms with van der Waals surface area (Å²) in [5.41, 5.74) is 4.13. The van der Waals surface area contributed by atoms with Crippen LogP contribution >= 0.6 is 22.9 Å². The summed E-state index contributed by atoms with van der Waals surface area (Å²) in [6.45, 7) is 2.29. The number of nitro groups is 1. The number of rotatable bonds is 7. The van der Waals surface area contributed by atoms with Crippen molar-refractivity contribution in [3.63, 3.8) is 0 Å². The largest absolute Gasteiger partial charge is 0.455 e. The van der Waals surface area contributed by atoms with Crippen LogP contribution < -0.4 is 10.7 Å². The molecule has 1 aromatic carbocycles. The smallest absolute Gasteiger partial charge is 0.288 e. The van der Waals surface area contributed by atoms with E-state index in [1.165, 1.54) is 17.0 Å². The fourth-order valence-electron chi connectivity index (χ4n) is 3.81. The lowest BCUT2D eigenvalue weighted by Crippen LogP contribution is -2.26. The lowest BCUT2D eigenvalue weighted by atomic mass is 9.93. The van der Waals surface area contributed by atoms with Crippen LogP contribution in [0, 0.1) is 17.0 Å². The van der Waals surface area contributed by atoms with Crippen LogP contribution in [0.15, 0.2) is 45.2 Å². The quantitative estimate of drug-likeness (QED) is 0.360. The minimum Gasteiger partial charge on any atom is -0.455 e. The molecule has 1 aliphatic rings. The summed E-state index contributed by atoms with van der Waals surface area (Å²) in [5.74, 6) is 0.000107. The molecule has 4 rings (SSSR count). The average Bonchev–Trinajstić information content (AvgIpc) is 3.45. The van der Waals surface area contributed by atoms with E-state index in [1.807, 2.05) is 17.5 Å². The summed E-state index contributed by atoms with van der Waals surface area (Å²) >= 11 is 7.45. The summed E-state index contributed by atoms with van der Waals surface area (Å²) in [6.07, 6.45) is 2.74. The first-order valence-corrected chi connectivity index (χ1v) is 11.8. The molecule has 2 amide bonds. The van der Waals surface area contributed by atoms with Crippen molar-refractivity contribution in [2.75, 3.05) is 6.54 Å². The Labute approximate surface area is 204 Å². The number of nitrogens with one attached hydrogen (secondary N) is 2. The molecule has 11 heteroatoms. The van der Waals surface area contributed by atoms with Crippen LogP contribution in [0.1, 0.15) is 55.5 Å². The first-order chi connectivity index (χ1) is 16.3. The van der Waals surface area contributed by atoms with Crippen LogP contribution in [-0.4, -0.2) is 29.0 Å². The SMILES string of the molecule is Cc1c(C(=O)NCCc2cccs2)oc2c1/C(=N/NC(=O)c1ccc(Cl)c([N+](=O)[O-])c1)CCC2. The summed E-state index contributed by atoms with van der Waals surface area (Å²) in [6, 6.07) is 7.78. The minimum absolute atomic E-state index is 0.0556. The summed E-state index contributed by atoms with van der Waals surface area (Å²) in [5, 5.41) is 20.2. The molecule has 0 fully saturated rings. The van der Waals surface area contributed by atoms with Crippen molar-refractivity contribution < 1.29 is 18.9 Å². The molecule has 176 valence electrons. The standard InChI is InChI=1S/C23H21ClN4O5S/c1-13-20-17(26-27-22(29)14-7-8-16(24)18(12-14)28(31)32)5-2-6-19(20)33-21(13)23(30)25-10-9-15-4-3-11-34-15/h3-4,7-8,11-12H,2,5-6,9-10H2,1H3,(H,25,30)(H,27,29)/b26-17+. The summed E-state index contributed by atoms with van der Waals surface area (Å²) < 4.78 is 5.87. The Hall–Kier alpha value is -3.50. The second kappa shape index (κ2) is 10.2. The monoisotopic (exact) mass is 500 g/mol. The molecule has 1 aliphatic carbocycles. The van der Waals surface area contributed by atoms with Crippen LogP contribution in [0.2, 0.25) is 5.02 Å². The van der Waals surface area contributed by atoms with Gasteiger partial charge in [0.2, 0.25) is 0 Å². The zero-order chi connectivity index (χ0) is 24.2. The Bertz CT molecular complexity index is 1280. The molecule has 2 N–H and O–H groups in total. The van der Waals surface area contributed by atoms with Crippen LogP contribution in [0.5, 0.6) is 0 Å². The Balaban J connectivity index is 1.49. The Morgan fingerprint density at radius 1 is 1.26 bits per heavy atom. The number of halogens is 1. The van der Waals surface area contributed by atoms with E-state index in [4.69, 9.17) is 16.0 Å². The fourth-order valence-corrected chi connectivity index (χ4v) is 4.70. The molecule has 0 saturated heterocycles. The third-order valence-corrected chi connectivity index (χ3v) is 6.72. The maximum Gasteiger partial charge on any atom is 0.288 e. The number of thiophene rings is 1. The van der Waals surface area contributed by atoms with Gasteiger partial charge in [-0.2, -0.15) is 5.10 Å². The molecule has 0 atom stereocenters. The van der Waals surface area contributed by atoms with E-state index in [-0.39, 0.29) is 27.9 Å². The summed E-state index contributed by atoms with van der Waals surface area (Å²) in [7, 11) is 0. The molecular weight excluding hydrogens is 480 g/mol. The number of furan rings is 1. The number of hydrazone groups is 1. The third-order valence-electron chi connectivity index (χ3n) is 5.47. The highest BCUT2D eigenvalue weighted by atomic mass is 35.5. The number of hydrogen-bond donors (Lipinski definition) is 2. The molecule has 2 heterocycles. The Kier molecular flexibility index (Phi) is 7.09. The molecule has 2 aromatic heterocycles. The molecular formula is C23H21ClN4O5S. The lowest BCUT2D eigenvalue weighted by Gasteiger charge is -2.13. The van der Waals surface area contributed by atoms with Crippen molar-refractivity contribution in [3.8, 4) is 0 Å². The Morgan fingerprint density at radius 3 is 2.82 bits per heavy atom. The van der Waals surface area contributed by atoms with Gasteiger partial charge in [-0.25, -0.2) is 5.43 Å². The minimum atomic E-state index is -0.653. The highest BCUT2D eigenvalue weighted by molar-refractivity contribution is 7.09. The average molecular weight is 501 g/mol. The predicted molar refractivity (Wildman–Crippen MR) is 129 cm³/mol. The van der Waals surface area contributed by atoms with Crippen molar-refractivity contribution >= 4 is 46.2 Å². The van der Waals surface area contributed by atoms with E-state index in [2.05, 4.69) is 15.8 Å². The molecule has 0 radical (unpaired) electrons. The first kappa shape index (κ1) is 23.7. The normalized spacial score (nSPS) is 14.0. The second-order valence-corrected chi connectivity index (χ2v) is 9.16. The van der Waals surface area contributed by atoms with Crippen molar-refractivity contribution in [1.29, 1.82) is 0 Å². The number of carbonyl (C=O) groups is 2. The Morgan fingerprint density at radius 2 is 2.09 bits per heavy atom. The molecule has 0 spiro atoms. The number of amides is 2. The van der Waals surface area contributed by atoms with E-state index in [0.717, 1.165) is 24.5 Å². The van der Waals surface area contributed by atoms with Gasteiger partial charge >= 0.3 is 0 Å². The topological polar surface area (TPSA) is 127 Å². The van der Waals surface area contributed by atoms with Crippen molar-refractivity contribution in [3.05, 3.63) is 83.9 Å². The highest BCUT2D eigenvalue weighted by Gasteiger charge is 2.28. The molecule has 0 saturated carbocycles. The van der Waals surface area contributed by atoms with E-state index in [9.17, 15) is 19.7 Å². The molecule has 0 unspecified atom stereocenters. The lowest BCUT2D eigenvalue weighted by molar-refractivity contribution is -0.384. The predicted octanol–water partition coefficient (Wildman–Crippen LogP) is 4.65. The van der Waals surface area contributed by atoms with Gasteiger partial charge < -0.3 is 9.73 Å². The maximum absolute atomic E-state index is 12.7. The van der Waals surface area contributed by atoms with Gasteiger partial charge in [-0.15, -0.1) is 11.3 Å². The molecule has 3 aromatic rings. The van der Waals surface area contributed by atoms with Gasteiger partial charge in [-0.1, -0.05) is 17.7 Å². The van der Waals surface area contributed by atoms with Gasteiger partial charge in [0.1, 0.15) is 10.8 Å². The number of nitrogens with zero attached hydrogens (tertiary/aromatic N) is 2. The number of hydrogen-bond acceptors (Lipinski definition) is 7. The number of carbonyl (C=O) groups excluding carboxylic acids is 2. The van der Waals surface area contributed by atoms with Gasteiger partial charge in [0.25, 0.3) is 17.5 Å². The van der Waals surface area contributed by atoms with E-state index >= 15 is 0 Å². The van der Waals surface area contributed by atoms with E-state index < -0.39 is 10.8 Å². The van der Waals surface area contributed by atoms with Gasteiger partial charge in [-0.3, -0.25) is 19.7 Å². The highest BCUT2D eigenvalue weighted by Crippen LogP contribution is 2.30. The van der Waals surface area contributed by atoms with Crippen LogP contribution in [-0.2, 0) is 12.8 Å². The van der Waals surface area contributed by atoms with Crippen LogP contribution in [0.25, 0.3) is 0 Å². The van der Waals surface area contributed by atoms with Crippen LogP contribution in [0.4, 0.5) is 5.69 Å². The molecule has 0 aliphatic heterocycles. The number of benzene rings is 1. The van der Waals surface area contributed by atoms with Crippen LogP contribution in [0.3, 0.4) is 0 Å². The van der Waals surface area contributed by atoms with E-state index in [1.54, 1.807) is 18.3 Å². The van der Waals surface area contributed by atoms with Crippen molar-refractivity contribution in [2.24, 2.45) is 5.10 Å². The number of fused-ring (bicyclic) bond motifs is 1. The van der Waals surface area contributed by atoms with Crippen molar-refractivity contribution in [2.45, 2.75) is 32.6 Å².